The summed E-state index contributed by atoms with van der Waals surface area (Å²) in [6.45, 7) is 6.76. The molecule has 22 heavy (non-hydrogen) atoms. The van der Waals surface area contributed by atoms with E-state index in [1.165, 1.54) is 0 Å². The molecule has 0 amide bonds. The Hall–Kier alpha value is -0.500. The molecule has 0 unspecified atom stereocenters. The van der Waals surface area contributed by atoms with Crippen molar-refractivity contribution >= 4 is 21.4 Å². The quantitative estimate of drug-likeness (QED) is 0.823. The zero-order valence-corrected chi connectivity index (χ0v) is 15.4. The highest BCUT2D eigenvalue weighted by Gasteiger charge is 2.41. The van der Waals surface area contributed by atoms with Crippen molar-refractivity contribution in [1.82, 2.24) is 9.71 Å². The molecule has 0 aliphatic heterocycles. The van der Waals surface area contributed by atoms with Gasteiger partial charge < -0.3 is 4.74 Å². The van der Waals surface area contributed by atoms with Crippen molar-refractivity contribution in [2.75, 3.05) is 19.4 Å². The van der Waals surface area contributed by atoms with Crippen LogP contribution in [0.5, 0.6) is 0 Å². The van der Waals surface area contributed by atoms with Crippen LogP contribution in [0.1, 0.15) is 50.7 Å². The van der Waals surface area contributed by atoms with Crippen LogP contribution < -0.4 is 4.72 Å². The zero-order valence-electron chi connectivity index (χ0n) is 13.8. The van der Waals surface area contributed by atoms with Crippen molar-refractivity contribution in [3.8, 4) is 0 Å². The summed E-state index contributed by atoms with van der Waals surface area (Å²) in [6.07, 6.45) is 3.32. The molecule has 0 saturated heterocycles. The number of aromatic nitrogens is 1. The van der Waals surface area contributed by atoms with Crippen molar-refractivity contribution in [3.05, 3.63) is 16.1 Å². The third kappa shape index (κ3) is 4.50. The van der Waals surface area contributed by atoms with Crippen LogP contribution in [0.25, 0.3) is 0 Å². The number of nitrogens with one attached hydrogen (secondary N) is 1. The SMILES string of the molecule is COC1(CS(=O)(=O)NCCc2nc(C(C)(C)C)cs2)CCC1. The predicted octanol–water partition coefficient (Wildman–Crippen LogP) is 2.47. The summed E-state index contributed by atoms with van der Waals surface area (Å²) in [5.74, 6) is 0.0572. The maximum absolute atomic E-state index is 12.1. The van der Waals surface area contributed by atoms with E-state index in [1.54, 1.807) is 18.4 Å². The van der Waals surface area contributed by atoms with Gasteiger partial charge in [-0.3, -0.25) is 0 Å². The van der Waals surface area contributed by atoms with Crippen LogP contribution in [0.15, 0.2) is 5.38 Å². The summed E-state index contributed by atoms with van der Waals surface area (Å²) in [4.78, 5) is 4.58. The average molecular weight is 347 g/mol. The van der Waals surface area contributed by atoms with Crippen LogP contribution in [0.3, 0.4) is 0 Å². The molecule has 0 atom stereocenters. The van der Waals surface area contributed by atoms with Gasteiger partial charge in [0.25, 0.3) is 0 Å². The lowest BCUT2D eigenvalue weighted by Crippen LogP contribution is -2.48. The van der Waals surface area contributed by atoms with Gasteiger partial charge in [0.15, 0.2) is 0 Å². The molecule has 1 saturated carbocycles. The fraction of sp³-hybridized carbons (Fsp3) is 0.800. The van der Waals surface area contributed by atoms with Crippen LogP contribution in [0.4, 0.5) is 0 Å². The topological polar surface area (TPSA) is 68.3 Å². The number of thiazole rings is 1. The monoisotopic (exact) mass is 346 g/mol. The van der Waals surface area contributed by atoms with Gasteiger partial charge >= 0.3 is 0 Å². The normalized spacial score (nSPS) is 18.2. The fourth-order valence-corrected chi connectivity index (χ4v) is 5.10. The highest BCUT2D eigenvalue weighted by Crippen LogP contribution is 2.36. The smallest absolute Gasteiger partial charge is 0.214 e. The van der Waals surface area contributed by atoms with E-state index in [4.69, 9.17) is 4.74 Å². The van der Waals surface area contributed by atoms with Gasteiger partial charge in [-0.1, -0.05) is 20.8 Å². The Morgan fingerprint density at radius 1 is 1.41 bits per heavy atom. The molecule has 126 valence electrons. The predicted molar refractivity (Wildman–Crippen MR) is 89.9 cm³/mol. The molecule has 0 bridgehead atoms. The Morgan fingerprint density at radius 3 is 2.55 bits per heavy atom. The van der Waals surface area contributed by atoms with Gasteiger partial charge in [-0.05, 0) is 19.3 Å². The van der Waals surface area contributed by atoms with E-state index in [0.717, 1.165) is 30.0 Å². The van der Waals surface area contributed by atoms with Crippen LogP contribution in [-0.4, -0.2) is 38.4 Å². The minimum absolute atomic E-state index is 0.0311. The average Bonchev–Trinajstić information content (AvgIpc) is 2.82. The molecule has 7 heteroatoms. The van der Waals surface area contributed by atoms with E-state index < -0.39 is 15.6 Å². The van der Waals surface area contributed by atoms with Crippen LogP contribution in [0, 0.1) is 0 Å². The molecule has 0 aromatic carbocycles. The van der Waals surface area contributed by atoms with Crippen molar-refractivity contribution in [3.63, 3.8) is 0 Å². The molecule has 1 aliphatic carbocycles. The first kappa shape index (κ1) is 17.8. The van der Waals surface area contributed by atoms with Gasteiger partial charge in [0.1, 0.15) is 0 Å². The Labute approximate surface area is 137 Å². The molecule has 0 spiro atoms. The maximum atomic E-state index is 12.1. The van der Waals surface area contributed by atoms with Gasteiger partial charge in [0.05, 0.1) is 22.1 Å². The zero-order chi connectivity index (χ0) is 16.4. The third-order valence-corrected chi connectivity index (χ3v) is 6.59. The van der Waals surface area contributed by atoms with E-state index in [9.17, 15) is 8.42 Å². The number of nitrogens with zero attached hydrogens (tertiary/aromatic N) is 1. The lowest BCUT2D eigenvalue weighted by atomic mass is 9.82. The van der Waals surface area contributed by atoms with Gasteiger partial charge in [-0.25, -0.2) is 18.1 Å². The number of hydrogen-bond acceptors (Lipinski definition) is 5. The van der Waals surface area contributed by atoms with Crippen molar-refractivity contribution in [1.29, 1.82) is 0 Å². The Kier molecular flexibility index (Phi) is 5.31. The second kappa shape index (κ2) is 6.55. The molecule has 1 aromatic rings. The van der Waals surface area contributed by atoms with Crippen LogP contribution in [-0.2, 0) is 26.6 Å². The molecular weight excluding hydrogens is 320 g/mol. The number of methoxy groups -OCH3 is 1. The number of hydrogen-bond donors (Lipinski definition) is 1. The molecule has 1 heterocycles. The molecule has 1 aromatic heterocycles. The van der Waals surface area contributed by atoms with Crippen LogP contribution in [0.2, 0.25) is 0 Å². The van der Waals surface area contributed by atoms with Gasteiger partial charge in [-0.2, -0.15) is 0 Å². The standard InChI is InChI=1S/C15H26N2O3S2/c1-14(2,3)12-10-21-13(17-12)6-9-16-22(18,19)11-15(20-4)7-5-8-15/h10,16H,5-9,11H2,1-4H3. The lowest BCUT2D eigenvalue weighted by molar-refractivity contribution is -0.0526. The minimum Gasteiger partial charge on any atom is -0.377 e. The van der Waals surface area contributed by atoms with E-state index >= 15 is 0 Å². The number of sulfonamides is 1. The summed E-state index contributed by atoms with van der Waals surface area (Å²) in [6, 6.07) is 0. The first-order valence-electron chi connectivity index (χ1n) is 7.63. The largest absolute Gasteiger partial charge is 0.377 e. The summed E-state index contributed by atoms with van der Waals surface area (Å²) < 4.78 is 32.3. The Balaban J connectivity index is 1.84. The number of ether oxygens (including phenoxy) is 1. The molecule has 5 nitrogen and oxygen atoms in total. The first-order chi connectivity index (χ1) is 10.2. The van der Waals surface area contributed by atoms with Crippen LogP contribution >= 0.6 is 11.3 Å². The van der Waals surface area contributed by atoms with E-state index in [1.807, 2.05) is 0 Å². The molecule has 1 N–H and O–H groups in total. The van der Waals surface area contributed by atoms with Gasteiger partial charge in [0, 0.05) is 30.9 Å². The molecular formula is C15H26N2O3S2. The molecule has 2 rings (SSSR count). The highest BCUT2D eigenvalue weighted by atomic mass is 32.2. The fourth-order valence-electron chi connectivity index (χ4n) is 2.46. The molecule has 1 fully saturated rings. The highest BCUT2D eigenvalue weighted by molar-refractivity contribution is 7.89. The maximum Gasteiger partial charge on any atom is 0.214 e. The van der Waals surface area contributed by atoms with Gasteiger partial charge in [0.2, 0.25) is 10.0 Å². The van der Waals surface area contributed by atoms with E-state index in [-0.39, 0.29) is 11.2 Å². The van der Waals surface area contributed by atoms with Crippen molar-refractivity contribution in [2.24, 2.45) is 0 Å². The van der Waals surface area contributed by atoms with E-state index in [2.05, 4.69) is 35.9 Å². The summed E-state index contributed by atoms with van der Waals surface area (Å²) >= 11 is 1.59. The molecule has 0 radical (unpaired) electrons. The lowest BCUT2D eigenvalue weighted by Gasteiger charge is -2.39. The summed E-state index contributed by atoms with van der Waals surface area (Å²) in [5, 5.41) is 3.02. The third-order valence-electron chi connectivity index (χ3n) is 4.13. The molecule has 1 aliphatic rings. The van der Waals surface area contributed by atoms with E-state index in [0.29, 0.717) is 13.0 Å². The van der Waals surface area contributed by atoms with Crippen molar-refractivity contribution < 1.29 is 13.2 Å². The number of rotatable bonds is 7. The van der Waals surface area contributed by atoms with Crippen molar-refractivity contribution in [2.45, 2.75) is 57.5 Å². The summed E-state index contributed by atoms with van der Waals surface area (Å²) in [5.41, 5.74) is 0.624. The second-order valence-corrected chi connectivity index (χ2v) is 9.77. The second-order valence-electron chi connectivity index (χ2n) is 7.02. The Bertz CT molecular complexity index is 593. The Morgan fingerprint density at radius 2 is 2.09 bits per heavy atom. The first-order valence-corrected chi connectivity index (χ1v) is 10.2. The van der Waals surface area contributed by atoms with Gasteiger partial charge in [-0.15, -0.1) is 11.3 Å². The minimum atomic E-state index is -3.30. The summed E-state index contributed by atoms with van der Waals surface area (Å²) in [7, 11) is -1.71.